The number of para-hydroxylation sites is 6. The van der Waals surface area contributed by atoms with Gasteiger partial charge in [0.25, 0.3) is 0 Å². The summed E-state index contributed by atoms with van der Waals surface area (Å²) in [5.74, 6) is 2.88. The largest absolute Gasteiger partial charge is 0.497 e. The number of piperidine rings is 2. The highest BCUT2D eigenvalue weighted by Gasteiger charge is 2.30. The first-order valence-corrected chi connectivity index (χ1v) is 24.0. The summed E-state index contributed by atoms with van der Waals surface area (Å²) >= 11 is 0. The summed E-state index contributed by atoms with van der Waals surface area (Å²) in [7, 11) is 5.91. The van der Waals surface area contributed by atoms with Gasteiger partial charge in [0.15, 0.2) is 0 Å². The molecule has 0 bridgehead atoms. The van der Waals surface area contributed by atoms with Gasteiger partial charge in [0.2, 0.25) is 0 Å². The minimum atomic E-state index is 0.529. The molecule has 0 amide bonds. The number of likely N-dealkylation sites (tertiary alicyclic amines) is 2. The molecule has 4 heterocycles. The Bertz CT molecular complexity index is 2340. The van der Waals surface area contributed by atoms with Crippen molar-refractivity contribution in [3.8, 4) is 17.2 Å². The molecule has 0 aliphatic carbocycles. The van der Waals surface area contributed by atoms with E-state index in [1.807, 2.05) is 0 Å². The lowest BCUT2D eigenvalue weighted by atomic mass is 9.99. The van der Waals surface area contributed by atoms with Crippen molar-refractivity contribution in [3.05, 3.63) is 168 Å². The highest BCUT2D eigenvalue weighted by molar-refractivity contribution is 5.74. The minimum absolute atomic E-state index is 0.529. The zero-order valence-electron chi connectivity index (χ0n) is 38.8. The zero-order chi connectivity index (χ0) is 44.4. The van der Waals surface area contributed by atoms with Gasteiger partial charge in [-0.05, 0) is 123 Å². The smallest absolute Gasteiger partial charge is 0.143 e. The molecule has 4 aliphatic rings. The van der Waals surface area contributed by atoms with E-state index < -0.39 is 0 Å². The molecule has 2 fully saturated rings. The van der Waals surface area contributed by atoms with Crippen LogP contribution < -0.4 is 28.9 Å². The quantitative estimate of drug-likeness (QED) is 0.121. The molecule has 65 heavy (non-hydrogen) atoms. The van der Waals surface area contributed by atoms with Crippen LogP contribution >= 0.6 is 0 Å². The number of anilines is 5. The molecule has 0 N–H and O–H groups in total. The van der Waals surface area contributed by atoms with Crippen molar-refractivity contribution in [1.82, 2.24) is 9.80 Å². The molecule has 0 spiro atoms. The Morgan fingerprint density at radius 3 is 1.40 bits per heavy atom. The van der Waals surface area contributed by atoms with Gasteiger partial charge >= 0.3 is 0 Å². The lowest BCUT2D eigenvalue weighted by Crippen LogP contribution is -2.46. The monoisotopic (exact) mass is 870 g/mol. The van der Waals surface area contributed by atoms with Crippen molar-refractivity contribution in [2.24, 2.45) is 0 Å². The first-order chi connectivity index (χ1) is 32.0. The van der Waals surface area contributed by atoms with Crippen molar-refractivity contribution in [2.45, 2.75) is 76.7 Å². The molecule has 0 aromatic heterocycles. The van der Waals surface area contributed by atoms with Crippen molar-refractivity contribution >= 4 is 28.4 Å². The number of hydrogen-bond acceptors (Lipinski definition) is 8. The average molecular weight is 870 g/mol. The first-order valence-electron chi connectivity index (χ1n) is 24.0. The van der Waals surface area contributed by atoms with Gasteiger partial charge in [-0.3, -0.25) is 9.80 Å². The predicted molar refractivity (Wildman–Crippen MR) is 268 cm³/mol. The second kappa shape index (κ2) is 21.4. The molecule has 0 saturated carbocycles. The van der Waals surface area contributed by atoms with Crippen molar-refractivity contribution in [2.75, 3.05) is 75.2 Å². The molecule has 8 nitrogen and oxygen atoms in total. The molecule has 2 saturated heterocycles. The highest BCUT2D eigenvalue weighted by Crippen LogP contribution is 2.42. The number of hydrogen-bond donors (Lipinski definition) is 0. The number of benzene rings is 6. The molecule has 4 aliphatic heterocycles. The molecule has 6 aromatic carbocycles. The lowest BCUT2D eigenvalue weighted by molar-refractivity contribution is 0.154. The Hall–Kier alpha value is -5.96. The van der Waals surface area contributed by atoms with E-state index in [1.165, 1.54) is 102 Å². The number of rotatable bonds is 12. The number of nitrogens with zero attached hydrogens (tertiary/aromatic N) is 5. The Morgan fingerprint density at radius 2 is 0.938 bits per heavy atom. The van der Waals surface area contributed by atoms with Gasteiger partial charge in [-0.2, -0.15) is 0 Å². The summed E-state index contributed by atoms with van der Waals surface area (Å²) in [5, 5.41) is 0. The summed E-state index contributed by atoms with van der Waals surface area (Å²) in [5.41, 5.74) is 11.5. The summed E-state index contributed by atoms with van der Waals surface area (Å²) in [6.45, 7) is 7.79. The molecular formula is C57H67N5O3. The van der Waals surface area contributed by atoms with Gasteiger partial charge in [0.05, 0.1) is 18.5 Å². The average Bonchev–Trinajstić information content (AvgIpc) is 3.62. The van der Waals surface area contributed by atoms with Crippen LogP contribution in [0.15, 0.2) is 146 Å². The SMILES string of the molecule is CN(C)c1ccc(CCN2CCCC[C@@H]2CN2c3ccccc3COc3ccccc32)cc1.COc1ccc(CCN2CCCC[C@@H]2CN2c3ccccc3COc3ccccc32)cc1. The molecule has 10 rings (SSSR count). The van der Waals surface area contributed by atoms with Crippen LogP contribution in [0.2, 0.25) is 0 Å². The second-order valence-corrected chi connectivity index (χ2v) is 18.3. The Labute approximate surface area is 388 Å². The third kappa shape index (κ3) is 10.8. The summed E-state index contributed by atoms with van der Waals surface area (Å²) in [6, 6.07) is 53.0. The topological polar surface area (TPSA) is 43.9 Å². The first kappa shape index (κ1) is 44.3. The fourth-order valence-corrected chi connectivity index (χ4v) is 10.2. The Morgan fingerprint density at radius 1 is 0.508 bits per heavy atom. The van der Waals surface area contributed by atoms with Gasteiger partial charge in [-0.1, -0.05) is 97.8 Å². The molecular weight excluding hydrogens is 803 g/mol. The van der Waals surface area contributed by atoms with Crippen molar-refractivity contribution < 1.29 is 14.2 Å². The normalized spacial score (nSPS) is 18.2. The van der Waals surface area contributed by atoms with Gasteiger partial charge in [0, 0.05) is 80.5 Å². The third-order valence-corrected chi connectivity index (χ3v) is 13.9. The maximum absolute atomic E-state index is 6.19. The van der Waals surface area contributed by atoms with E-state index in [0.717, 1.165) is 56.3 Å². The number of methoxy groups -OCH3 is 1. The van der Waals surface area contributed by atoms with E-state index in [2.05, 4.69) is 184 Å². The van der Waals surface area contributed by atoms with Crippen LogP contribution in [0.5, 0.6) is 17.2 Å². The van der Waals surface area contributed by atoms with Crippen LogP contribution in [0.3, 0.4) is 0 Å². The van der Waals surface area contributed by atoms with E-state index in [4.69, 9.17) is 14.2 Å². The summed E-state index contributed by atoms with van der Waals surface area (Å²) < 4.78 is 17.7. The Kier molecular flexibility index (Phi) is 14.5. The van der Waals surface area contributed by atoms with Crippen molar-refractivity contribution in [3.63, 3.8) is 0 Å². The zero-order valence-corrected chi connectivity index (χ0v) is 38.8. The van der Waals surface area contributed by atoms with E-state index in [0.29, 0.717) is 25.3 Å². The van der Waals surface area contributed by atoms with Crippen LogP contribution in [-0.2, 0) is 26.1 Å². The maximum atomic E-state index is 6.19. The van der Waals surface area contributed by atoms with Crippen molar-refractivity contribution in [1.29, 1.82) is 0 Å². The lowest BCUT2D eigenvalue weighted by Gasteiger charge is -2.39. The van der Waals surface area contributed by atoms with Crippen LogP contribution in [0.1, 0.15) is 60.8 Å². The number of ether oxygens (including phenoxy) is 3. The summed E-state index contributed by atoms with van der Waals surface area (Å²) in [4.78, 5) is 12.6. The maximum Gasteiger partial charge on any atom is 0.143 e. The third-order valence-electron chi connectivity index (χ3n) is 13.9. The van der Waals surface area contributed by atoms with E-state index >= 15 is 0 Å². The molecule has 2 atom stereocenters. The van der Waals surface area contributed by atoms with Gasteiger partial charge in [-0.15, -0.1) is 0 Å². The van der Waals surface area contributed by atoms with E-state index in [9.17, 15) is 0 Å². The van der Waals surface area contributed by atoms with E-state index in [1.54, 1.807) is 7.11 Å². The van der Waals surface area contributed by atoms with Crippen LogP contribution in [-0.4, -0.2) is 82.4 Å². The molecule has 0 unspecified atom stereocenters. The molecule has 8 heteroatoms. The number of fused-ring (bicyclic) bond motifs is 4. The molecule has 6 aromatic rings. The van der Waals surface area contributed by atoms with Gasteiger partial charge in [0.1, 0.15) is 30.5 Å². The van der Waals surface area contributed by atoms with Gasteiger partial charge in [-0.25, -0.2) is 0 Å². The van der Waals surface area contributed by atoms with E-state index in [-0.39, 0.29) is 0 Å². The standard InChI is InChI=1S/C29H35N3O.C28H32N2O2/c1-30(2)25-16-14-23(15-17-25)18-20-31-19-8-7-10-26(31)21-32-27-11-4-3-9-24(27)22-33-29-13-6-5-12-28(29)32;1-31-25-15-13-22(14-16-25)17-19-29-18-7-6-9-24(29)20-30-26-10-3-2-8-23(26)21-32-28-12-5-4-11-27(28)30/h3-6,9,11-17,26H,7-8,10,18-22H2,1-2H3;2-5,8,10-16,24H,6-7,9,17-21H2,1H3/t26-;24-/m11/s1. The predicted octanol–water partition coefficient (Wildman–Crippen LogP) is 11.7. The van der Waals surface area contributed by atoms with Crippen LogP contribution in [0.25, 0.3) is 0 Å². The molecule has 338 valence electrons. The van der Waals surface area contributed by atoms with Crippen LogP contribution in [0.4, 0.5) is 28.4 Å². The highest BCUT2D eigenvalue weighted by atomic mass is 16.5. The van der Waals surface area contributed by atoms with Crippen LogP contribution in [0, 0.1) is 0 Å². The molecule has 0 radical (unpaired) electrons. The Balaban J connectivity index is 0.000000164. The minimum Gasteiger partial charge on any atom is -0.497 e. The fraction of sp³-hybridized carbons (Fsp3) is 0.368. The summed E-state index contributed by atoms with van der Waals surface area (Å²) in [6.07, 6.45) is 9.86. The van der Waals surface area contributed by atoms with Gasteiger partial charge < -0.3 is 28.9 Å². The fourth-order valence-electron chi connectivity index (χ4n) is 10.2. The second-order valence-electron chi connectivity index (χ2n) is 18.3.